The zero-order valence-corrected chi connectivity index (χ0v) is 24.0. The van der Waals surface area contributed by atoms with Crippen LogP contribution in [0.25, 0.3) is 0 Å². The van der Waals surface area contributed by atoms with Crippen LogP contribution in [-0.4, -0.2) is 28.5 Å². The highest BCUT2D eigenvalue weighted by Gasteiger charge is 2.59. The first-order valence-corrected chi connectivity index (χ1v) is 15.5. The molecule has 36 heavy (non-hydrogen) atoms. The van der Waals surface area contributed by atoms with E-state index >= 15 is 0 Å². The lowest BCUT2D eigenvalue weighted by Crippen LogP contribution is -2.51. The molecule has 204 valence electrons. The maximum Gasteiger partial charge on any atom is 0.405 e. The van der Waals surface area contributed by atoms with Gasteiger partial charge in [0.05, 0.1) is 5.88 Å². The number of fused-ring (bicyclic) bond motifs is 5. The van der Waals surface area contributed by atoms with Crippen LogP contribution < -0.4 is 5.32 Å². The van der Waals surface area contributed by atoms with Crippen molar-refractivity contribution in [2.75, 3.05) is 5.88 Å². The van der Waals surface area contributed by atoms with Gasteiger partial charge >= 0.3 is 11.4 Å². The van der Waals surface area contributed by atoms with Gasteiger partial charge in [0, 0.05) is 6.42 Å². The van der Waals surface area contributed by atoms with Gasteiger partial charge in [-0.05, 0) is 103 Å². The van der Waals surface area contributed by atoms with Crippen LogP contribution in [0.4, 0.5) is 9.59 Å². The van der Waals surface area contributed by atoms with Gasteiger partial charge in [-0.2, -0.15) is 0 Å². The van der Waals surface area contributed by atoms with Gasteiger partial charge in [-0.1, -0.05) is 65.5 Å². The van der Waals surface area contributed by atoms with Crippen molar-refractivity contribution in [1.82, 2.24) is 5.32 Å². The molecule has 4 aliphatic rings. The number of carbonyl (C=O) groups excluding carboxylic acids is 1. The van der Waals surface area contributed by atoms with Crippen molar-refractivity contribution in [2.24, 2.45) is 46.3 Å². The second kappa shape index (κ2) is 11.3. The maximum atomic E-state index is 12.2. The molecule has 0 saturated heterocycles. The zero-order chi connectivity index (χ0) is 26.1. The minimum absolute atomic E-state index is 0.0303. The number of rotatable bonds is 8. The van der Waals surface area contributed by atoms with Crippen molar-refractivity contribution >= 4 is 23.2 Å². The summed E-state index contributed by atoms with van der Waals surface area (Å²) in [5, 5.41) is 10.5. The molecule has 0 bridgehead atoms. The van der Waals surface area contributed by atoms with E-state index in [1.54, 1.807) is 0 Å². The maximum absolute atomic E-state index is 12.2. The molecule has 0 aliphatic heterocycles. The zero-order valence-electron chi connectivity index (χ0n) is 23.2. The van der Waals surface area contributed by atoms with Crippen LogP contribution in [0, 0.1) is 46.3 Å². The molecular formula is C30H49NO4S. The topological polar surface area (TPSA) is 75.6 Å². The Morgan fingerprint density at radius 1 is 1.11 bits per heavy atom. The minimum Gasteiger partial charge on any atom is -0.465 e. The highest BCUT2D eigenvalue weighted by Crippen LogP contribution is 2.67. The van der Waals surface area contributed by atoms with Crippen LogP contribution in [0.3, 0.4) is 0 Å². The van der Waals surface area contributed by atoms with Gasteiger partial charge < -0.3 is 15.2 Å². The quantitative estimate of drug-likeness (QED) is 0.191. The van der Waals surface area contributed by atoms with E-state index < -0.39 is 6.09 Å². The summed E-state index contributed by atoms with van der Waals surface area (Å²) in [5.74, 6) is 5.00. The number of hydrogen-bond acceptors (Lipinski definition) is 4. The van der Waals surface area contributed by atoms with Crippen LogP contribution in [-0.2, 0) is 4.74 Å². The molecule has 0 spiro atoms. The van der Waals surface area contributed by atoms with Crippen molar-refractivity contribution in [1.29, 1.82) is 0 Å². The molecule has 0 aromatic heterocycles. The van der Waals surface area contributed by atoms with Crippen molar-refractivity contribution in [3.8, 4) is 0 Å². The van der Waals surface area contributed by atoms with Crippen molar-refractivity contribution < 1.29 is 19.4 Å². The Morgan fingerprint density at radius 2 is 1.89 bits per heavy atom. The van der Waals surface area contributed by atoms with Gasteiger partial charge in [-0.15, -0.1) is 0 Å². The molecular weight excluding hydrogens is 470 g/mol. The first kappa shape index (κ1) is 27.9. The van der Waals surface area contributed by atoms with E-state index in [0.29, 0.717) is 5.41 Å². The largest absolute Gasteiger partial charge is 0.465 e. The first-order chi connectivity index (χ1) is 17.0. The van der Waals surface area contributed by atoms with Gasteiger partial charge in [-0.25, -0.2) is 9.59 Å². The predicted molar refractivity (Wildman–Crippen MR) is 147 cm³/mol. The Kier molecular flexibility index (Phi) is 8.74. The SMILES string of the molecule is CC(C)CCCC(C)C1CCC2C3CC=C4CC(OC(=O)SCNC(=O)O)CCC4(C)C3CCC12C. The fourth-order valence-electron chi connectivity index (χ4n) is 9.08. The number of carboxylic acid groups (broad SMARTS) is 1. The molecule has 1 amide bonds. The summed E-state index contributed by atoms with van der Waals surface area (Å²) in [4.78, 5) is 22.8. The van der Waals surface area contributed by atoms with Crippen LogP contribution in [0.15, 0.2) is 11.6 Å². The van der Waals surface area contributed by atoms with Crippen molar-refractivity contribution in [3.63, 3.8) is 0 Å². The molecule has 5 nitrogen and oxygen atoms in total. The summed E-state index contributed by atoms with van der Waals surface area (Å²) in [7, 11) is 0. The number of hydrogen-bond donors (Lipinski definition) is 2. The summed E-state index contributed by atoms with van der Waals surface area (Å²) in [5.41, 5.74) is 2.27. The predicted octanol–water partition coefficient (Wildman–Crippen LogP) is 8.49. The summed E-state index contributed by atoms with van der Waals surface area (Å²) < 4.78 is 5.73. The number of allylic oxidation sites excluding steroid dienone is 1. The van der Waals surface area contributed by atoms with Crippen LogP contribution >= 0.6 is 11.8 Å². The van der Waals surface area contributed by atoms with E-state index in [0.717, 1.165) is 66.5 Å². The molecule has 3 fully saturated rings. The smallest absolute Gasteiger partial charge is 0.405 e. The highest BCUT2D eigenvalue weighted by atomic mass is 32.2. The molecule has 3 saturated carbocycles. The number of ether oxygens (including phenoxy) is 1. The summed E-state index contributed by atoms with van der Waals surface area (Å²) in [6.45, 7) is 12.4. The van der Waals surface area contributed by atoms with Gasteiger partial charge in [0.25, 0.3) is 0 Å². The van der Waals surface area contributed by atoms with E-state index in [-0.39, 0.29) is 22.7 Å². The Labute approximate surface area is 223 Å². The molecule has 0 aromatic carbocycles. The van der Waals surface area contributed by atoms with Gasteiger partial charge in [0.1, 0.15) is 6.10 Å². The molecule has 8 unspecified atom stereocenters. The highest BCUT2D eigenvalue weighted by molar-refractivity contribution is 8.13. The number of carbonyl (C=O) groups is 2. The van der Waals surface area contributed by atoms with Crippen molar-refractivity contribution in [3.05, 3.63) is 11.6 Å². The molecule has 0 radical (unpaired) electrons. The standard InChI is InChI=1S/C30H49NO4S/c1-19(2)7-6-8-20(3)24-11-12-25-23-10-9-21-17-22(35-28(34)36-18-31-27(32)33)13-15-29(21,4)26(23)14-16-30(24,25)5/h9,19-20,22-26,31H,6-8,10-18H2,1-5H3,(H,32,33). The summed E-state index contributed by atoms with van der Waals surface area (Å²) in [6.07, 6.45) is 15.1. The molecule has 2 N–H and O–H groups in total. The van der Waals surface area contributed by atoms with Gasteiger partial charge in [0.15, 0.2) is 0 Å². The Bertz CT molecular complexity index is 843. The van der Waals surface area contributed by atoms with Crippen LogP contribution in [0.1, 0.15) is 105 Å². The Morgan fingerprint density at radius 3 is 2.61 bits per heavy atom. The fraction of sp³-hybridized carbons (Fsp3) is 0.867. The second-order valence-corrected chi connectivity index (χ2v) is 14.2. The fourth-order valence-corrected chi connectivity index (χ4v) is 9.60. The lowest BCUT2D eigenvalue weighted by atomic mass is 9.47. The number of thioether (sulfide) groups is 1. The third-order valence-corrected chi connectivity index (χ3v) is 11.6. The van der Waals surface area contributed by atoms with E-state index in [2.05, 4.69) is 46.0 Å². The van der Waals surface area contributed by atoms with E-state index in [1.165, 1.54) is 56.9 Å². The Balaban J connectivity index is 1.38. The van der Waals surface area contributed by atoms with E-state index in [1.807, 2.05) is 0 Å². The van der Waals surface area contributed by atoms with Gasteiger partial charge in [-0.3, -0.25) is 0 Å². The molecule has 4 rings (SSSR count). The average Bonchev–Trinajstić information content (AvgIpc) is 3.16. The minimum atomic E-state index is -1.12. The van der Waals surface area contributed by atoms with E-state index in [4.69, 9.17) is 9.84 Å². The number of amides is 1. The molecule has 6 heteroatoms. The monoisotopic (exact) mass is 519 g/mol. The van der Waals surface area contributed by atoms with E-state index in [9.17, 15) is 9.59 Å². The second-order valence-electron chi connectivity index (χ2n) is 13.3. The van der Waals surface area contributed by atoms with Crippen LogP contribution in [0.2, 0.25) is 0 Å². The lowest BCUT2D eigenvalue weighted by Gasteiger charge is -2.58. The molecule has 0 heterocycles. The van der Waals surface area contributed by atoms with Crippen LogP contribution in [0.5, 0.6) is 0 Å². The molecule has 8 atom stereocenters. The Hall–Kier alpha value is -1.17. The van der Waals surface area contributed by atoms with Gasteiger partial charge in [0.2, 0.25) is 0 Å². The third kappa shape index (κ3) is 5.63. The molecule has 0 aromatic rings. The third-order valence-electron chi connectivity index (χ3n) is 10.9. The number of nitrogens with one attached hydrogen (secondary N) is 1. The molecule has 4 aliphatic carbocycles. The average molecular weight is 520 g/mol. The first-order valence-electron chi connectivity index (χ1n) is 14.5. The lowest BCUT2D eigenvalue weighted by molar-refractivity contribution is -0.0573. The summed E-state index contributed by atoms with van der Waals surface area (Å²) >= 11 is 0.891. The normalized spacial score (nSPS) is 38.4. The summed E-state index contributed by atoms with van der Waals surface area (Å²) in [6, 6.07) is 0. The van der Waals surface area contributed by atoms with Crippen molar-refractivity contribution in [2.45, 2.75) is 111 Å².